The van der Waals surface area contributed by atoms with E-state index in [2.05, 4.69) is 16.0 Å². The number of carbonyl (C=O) groups is 4. The molecule has 0 heterocycles. The van der Waals surface area contributed by atoms with E-state index < -0.39 is 35.8 Å². The van der Waals surface area contributed by atoms with Crippen molar-refractivity contribution in [1.29, 1.82) is 0 Å². The summed E-state index contributed by atoms with van der Waals surface area (Å²) in [5.41, 5.74) is 4.43. The van der Waals surface area contributed by atoms with Crippen molar-refractivity contribution in [3.05, 3.63) is 59.7 Å². The molecule has 1 saturated carbocycles. The molecule has 1 fully saturated rings. The Kier molecular flexibility index (Phi) is 7.10. The first kappa shape index (κ1) is 23.3. The molecule has 4 rings (SSSR count). The minimum Gasteiger partial charge on any atom is -0.481 e. The molecule has 0 spiro atoms. The van der Waals surface area contributed by atoms with Crippen molar-refractivity contribution in [2.24, 2.45) is 5.92 Å². The number of alkyl carbamates (subject to hydrolysis) is 1. The normalized spacial score (nSPS) is 18.5. The molecule has 0 saturated heterocycles. The van der Waals surface area contributed by atoms with E-state index in [-0.39, 0.29) is 25.6 Å². The molecule has 2 atom stereocenters. The summed E-state index contributed by atoms with van der Waals surface area (Å²) in [5.74, 6) is -2.63. The molecule has 9 nitrogen and oxygen atoms in total. The summed E-state index contributed by atoms with van der Waals surface area (Å²) in [4.78, 5) is 47.4. The molecule has 34 heavy (non-hydrogen) atoms. The molecule has 0 radical (unpaired) electrons. The molecule has 0 aromatic heterocycles. The Hall–Kier alpha value is -3.88. The second kappa shape index (κ2) is 10.4. The van der Waals surface area contributed by atoms with Crippen LogP contribution >= 0.6 is 0 Å². The zero-order chi connectivity index (χ0) is 24.1. The molecular weight excluding hydrogens is 438 g/mol. The molecule has 0 aliphatic heterocycles. The van der Waals surface area contributed by atoms with Gasteiger partial charge in [0.25, 0.3) is 0 Å². The second-order valence-corrected chi connectivity index (χ2v) is 8.51. The SMILES string of the molecule is O=C(CNC(=O)OCC1c2ccccc2-c2ccccc21)NCC(=O)N[C@@H]1CCC[C@@H]1C(=O)O. The number of hydrogen-bond acceptors (Lipinski definition) is 5. The maximum Gasteiger partial charge on any atom is 0.407 e. The van der Waals surface area contributed by atoms with Gasteiger partial charge in [-0.15, -0.1) is 0 Å². The number of fused-ring (bicyclic) bond motifs is 3. The third-order valence-corrected chi connectivity index (χ3v) is 6.36. The van der Waals surface area contributed by atoms with Gasteiger partial charge >= 0.3 is 12.1 Å². The van der Waals surface area contributed by atoms with Crippen LogP contribution in [0.4, 0.5) is 4.79 Å². The van der Waals surface area contributed by atoms with Gasteiger partial charge in [-0.05, 0) is 35.1 Å². The molecule has 178 valence electrons. The summed E-state index contributed by atoms with van der Waals surface area (Å²) in [6, 6.07) is 15.5. The van der Waals surface area contributed by atoms with Gasteiger partial charge in [-0.25, -0.2) is 4.79 Å². The Morgan fingerprint density at radius 2 is 1.47 bits per heavy atom. The Morgan fingerprint density at radius 1 is 0.853 bits per heavy atom. The zero-order valence-electron chi connectivity index (χ0n) is 18.6. The zero-order valence-corrected chi connectivity index (χ0v) is 18.6. The number of aliphatic carboxylic acids is 1. The predicted molar refractivity (Wildman–Crippen MR) is 123 cm³/mol. The number of ether oxygens (including phenoxy) is 1. The van der Waals surface area contributed by atoms with E-state index in [4.69, 9.17) is 4.74 Å². The number of rotatable bonds is 8. The smallest absolute Gasteiger partial charge is 0.407 e. The first-order chi connectivity index (χ1) is 16.4. The van der Waals surface area contributed by atoms with Crippen LogP contribution in [0, 0.1) is 5.92 Å². The monoisotopic (exact) mass is 465 g/mol. The van der Waals surface area contributed by atoms with Gasteiger partial charge in [-0.2, -0.15) is 0 Å². The van der Waals surface area contributed by atoms with E-state index in [1.165, 1.54) is 0 Å². The number of hydrogen-bond donors (Lipinski definition) is 4. The highest BCUT2D eigenvalue weighted by atomic mass is 16.5. The summed E-state index contributed by atoms with van der Waals surface area (Å²) in [6.45, 7) is -0.505. The van der Waals surface area contributed by atoms with Crippen molar-refractivity contribution in [2.45, 2.75) is 31.2 Å². The van der Waals surface area contributed by atoms with Gasteiger partial charge in [0, 0.05) is 12.0 Å². The highest BCUT2D eigenvalue weighted by molar-refractivity contribution is 5.87. The van der Waals surface area contributed by atoms with E-state index in [9.17, 15) is 24.3 Å². The number of amides is 3. The fraction of sp³-hybridized carbons (Fsp3) is 0.360. The van der Waals surface area contributed by atoms with Crippen molar-refractivity contribution in [3.8, 4) is 11.1 Å². The third-order valence-electron chi connectivity index (χ3n) is 6.36. The molecular formula is C25H27N3O6. The van der Waals surface area contributed by atoms with Crippen LogP contribution in [-0.4, -0.2) is 54.7 Å². The Bertz CT molecular complexity index is 1060. The van der Waals surface area contributed by atoms with Gasteiger partial charge in [-0.1, -0.05) is 55.0 Å². The molecule has 0 bridgehead atoms. The van der Waals surface area contributed by atoms with Crippen molar-refractivity contribution in [3.63, 3.8) is 0 Å². The summed E-state index contributed by atoms with van der Waals surface area (Å²) in [7, 11) is 0. The van der Waals surface area contributed by atoms with Gasteiger partial charge in [0.05, 0.1) is 12.5 Å². The van der Waals surface area contributed by atoms with Crippen LogP contribution in [0.2, 0.25) is 0 Å². The number of carbonyl (C=O) groups excluding carboxylic acids is 3. The topological polar surface area (TPSA) is 134 Å². The van der Waals surface area contributed by atoms with E-state index in [1.54, 1.807) is 0 Å². The lowest BCUT2D eigenvalue weighted by atomic mass is 9.98. The van der Waals surface area contributed by atoms with Crippen LogP contribution in [-0.2, 0) is 19.1 Å². The van der Waals surface area contributed by atoms with Gasteiger partial charge in [0.1, 0.15) is 13.2 Å². The van der Waals surface area contributed by atoms with Crippen molar-refractivity contribution < 1.29 is 29.0 Å². The van der Waals surface area contributed by atoms with Crippen molar-refractivity contribution >= 4 is 23.9 Å². The fourth-order valence-corrected chi connectivity index (χ4v) is 4.73. The van der Waals surface area contributed by atoms with Gasteiger partial charge in [0.2, 0.25) is 11.8 Å². The lowest BCUT2D eigenvalue weighted by Gasteiger charge is -2.17. The first-order valence-electron chi connectivity index (χ1n) is 11.3. The Morgan fingerprint density at radius 3 is 2.12 bits per heavy atom. The van der Waals surface area contributed by atoms with E-state index in [0.717, 1.165) is 28.7 Å². The summed E-state index contributed by atoms with van der Waals surface area (Å²) >= 11 is 0. The van der Waals surface area contributed by atoms with Gasteiger partial charge in [-0.3, -0.25) is 14.4 Å². The molecule has 2 aliphatic rings. The number of carboxylic acids is 1. The summed E-state index contributed by atoms with van der Waals surface area (Å²) in [5, 5.41) is 16.6. The number of carboxylic acid groups (broad SMARTS) is 1. The average Bonchev–Trinajstić information content (AvgIpc) is 3.43. The maximum atomic E-state index is 12.1. The van der Waals surface area contributed by atoms with Crippen LogP contribution in [0.3, 0.4) is 0 Å². The highest BCUT2D eigenvalue weighted by Gasteiger charge is 2.34. The molecule has 3 amide bonds. The summed E-state index contributed by atoms with van der Waals surface area (Å²) in [6.07, 6.45) is 1.13. The summed E-state index contributed by atoms with van der Waals surface area (Å²) < 4.78 is 5.37. The van der Waals surface area contributed by atoms with Crippen LogP contribution in [0.15, 0.2) is 48.5 Å². The maximum absolute atomic E-state index is 12.1. The van der Waals surface area contributed by atoms with Crippen LogP contribution in [0.25, 0.3) is 11.1 Å². The van der Waals surface area contributed by atoms with Crippen molar-refractivity contribution in [1.82, 2.24) is 16.0 Å². The molecule has 0 unspecified atom stereocenters. The first-order valence-corrected chi connectivity index (χ1v) is 11.3. The number of nitrogens with one attached hydrogen (secondary N) is 3. The molecule has 4 N–H and O–H groups in total. The van der Waals surface area contributed by atoms with E-state index in [1.807, 2.05) is 48.5 Å². The van der Waals surface area contributed by atoms with Crippen LogP contribution in [0.1, 0.15) is 36.3 Å². The second-order valence-electron chi connectivity index (χ2n) is 8.51. The quantitative estimate of drug-likeness (QED) is 0.471. The molecule has 9 heteroatoms. The number of benzene rings is 2. The van der Waals surface area contributed by atoms with Crippen molar-refractivity contribution in [2.75, 3.05) is 19.7 Å². The lowest BCUT2D eigenvalue weighted by Crippen LogP contribution is -2.46. The van der Waals surface area contributed by atoms with Gasteiger partial charge < -0.3 is 25.8 Å². The molecule has 2 aromatic carbocycles. The Balaban J connectivity index is 1.19. The molecule has 2 aliphatic carbocycles. The fourth-order valence-electron chi connectivity index (χ4n) is 4.73. The van der Waals surface area contributed by atoms with Crippen LogP contribution < -0.4 is 16.0 Å². The molecule has 2 aromatic rings. The Labute approximate surface area is 196 Å². The van der Waals surface area contributed by atoms with E-state index >= 15 is 0 Å². The minimum absolute atomic E-state index is 0.0825. The third kappa shape index (κ3) is 5.19. The minimum atomic E-state index is -0.931. The lowest BCUT2D eigenvalue weighted by molar-refractivity contribution is -0.142. The highest BCUT2D eigenvalue weighted by Crippen LogP contribution is 2.44. The van der Waals surface area contributed by atoms with E-state index in [0.29, 0.717) is 12.8 Å². The standard InChI is InChI=1S/C25H27N3O6/c29-22(26-13-23(30)28-21-11-5-10-19(21)24(31)32)12-27-25(33)34-14-20-17-8-3-1-6-15(17)16-7-2-4-9-18(16)20/h1-4,6-9,19-21H,5,10-14H2,(H,26,29)(H,27,33)(H,28,30)(H,31,32)/t19-,21+/m0/s1. The van der Waals surface area contributed by atoms with Crippen LogP contribution in [0.5, 0.6) is 0 Å². The van der Waals surface area contributed by atoms with Gasteiger partial charge in [0.15, 0.2) is 0 Å². The largest absolute Gasteiger partial charge is 0.481 e. The average molecular weight is 466 g/mol. The predicted octanol–water partition coefficient (Wildman–Crippen LogP) is 2.01.